The molecule has 0 unspecified atom stereocenters. The van der Waals surface area contributed by atoms with Gasteiger partial charge >= 0.3 is 5.69 Å². The van der Waals surface area contributed by atoms with Gasteiger partial charge in [0.25, 0.3) is 0 Å². The Morgan fingerprint density at radius 3 is 2.65 bits per heavy atom. The highest BCUT2D eigenvalue weighted by molar-refractivity contribution is 5.80. The second-order valence-corrected chi connectivity index (χ2v) is 4.87. The molecule has 0 fully saturated rings. The zero-order chi connectivity index (χ0) is 16.8. The number of nitro benzene ring substituents is 1. The Morgan fingerprint density at radius 2 is 2.00 bits per heavy atom. The fraction of sp³-hybridized carbons (Fsp3) is 0.188. The van der Waals surface area contributed by atoms with Crippen molar-refractivity contribution >= 4 is 11.9 Å². The van der Waals surface area contributed by atoms with E-state index in [-0.39, 0.29) is 18.0 Å². The second kappa shape index (κ2) is 7.26. The van der Waals surface area contributed by atoms with Crippen molar-refractivity contribution in [3.8, 4) is 11.5 Å². The minimum atomic E-state index is -0.461. The summed E-state index contributed by atoms with van der Waals surface area (Å²) in [5.41, 5.74) is 2.25. The number of methoxy groups -OCH3 is 1. The van der Waals surface area contributed by atoms with E-state index in [0.717, 1.165) is 16.7 Å². The second-order valence-electron chi connectivity index (χ2n) is 4.87. The predicted octanol–water partition coefficient (Wildman–Crippen LogP) is 2.78. The van der Waals surface area contributed by atoms with Crippen LogP contribution in [-0.2, 0) is 6.61 Å². The molecule has 2 rings (SSSR count). The Bertz CT molecular complexity index is 744. The van der Waals surface area contributed by atoms with E-state index < -0.39 is 4.92 Å². The van der Waals surface area contributed by atoms with Crippen molar-refractivity contribution < 1.29 is 14.4 Å². The highest BCUT2D eigenvalue weighted by Gasteiger charge is 2.16. The molecule has 23 heavy (non-hydrogen) atoms. The SMILES string of the molecule is COc1ccc(C=NN)cc1COc1ccc(C)cc1[N+](=O)[O-]. The number of hydrogen-bond acceptors (Lipinski definition) is 6. The van der Waals surface area contributed by atoms with Gasteiger partial charge in [0.15, 0.2) is 5.75 Å². The highest BCUT2D eigenvalue weighted by atomic mass is 16.6. The maximum atomic E-state index is 11.1. The number of ether oxygens (including phenoxy) is 2. The first-order valence-electron chi connectivity index (χ1n) is 6.83. The molecule has 0 spiro atoms. The zero-order valence-corrected chi connectivity index (χ0v) is 12.9. The number of nitrogens with zero attached hydrogens (tertiary/aromatic N) is 2. The molecule has 0 atom stereocenters. The van der Waals surface area contributed by atoms with Crippen LogP contribution in [0.3, 0.4) is 0 Å². The quantitative estimate of drug-likeness (QED) is 0.382. The molecule has 0 bridgehead atoms. The van der Waals surface area contributed by atoms with Crippen LogP contribution >= 0.6 is 0 Å². The Hall–Kier alpha value is -3.09. The molecule has 0 aromatic heterocycles. The summed E-state index contributed by atoms with van der Waals surface area (Å²) in [6, 6.07) is 10.2. The molecule has 0 amide bonds. The normalized spacial score (nSPS) is 10.7. The van der Waals surface area contributed by atoms with Gasteiger partial charge in [0, 0.05) is 11.6 Å². The van der Waals surface area contributed by atoms with E-state index in [0.29, 0.717) is 5.75 Å². The largest absolute Gasteiger partial charge is 0.496 e. The van der Waals surface area contributed by atoms with Gasteiger partial charge in [-0.3, -0.25) is 10.1 Å². The molecule has 2 aromatic rings. The summed E-state index contributed by atoms with van der Waals surface area (Å²) in [5, 5.41) is 14.6. The number of nitrogens with two attached hydrogens (primary N) is 1. The summed E-state index contributed by atoms with van der Waals surface area (Å²) in [4.78, 5) is 10.7. The van der Waals surface area contributed by atoms with Crippen LogP contribution in [0.25, 0.3) is 0 Å². The van der Waals surface area contributed by atoms with Crippen molar-refractivity contribution in [3.63, 3.8) is 0 Å². The van der Waals surface area contributed by atoms with Crippen molar-refractivity contribution in [2.75, 3.05) is 7.11 Å². The van der Waals surface area contributed by atoms with Crippen LogP contribution in [0.1, 0.15) is 16.7 Å². The van der Waals surface area contributed by atoms with Crippen LogP contribution in [0.4, 0.5) is 5.69 Å². The number of rotatable bonds is 6. The van der Waals surface area contributed by atoms with Crippen LogP contribution in [0.15, 0.2) is 41.5 Å². The van der Waals surface area contributed by atoms with Gasteiger partial charge in [-0.05, 0) is 42.3 Å². The monoisotopic (exact) mass is 315 g/mol. The molecule has 7 nitrogen and oxygen atoms in total. The first-order valence-corrected chi connectivity index (χ1v) is 6.83. The predicted molar refractivity (Wildman–Crippen MR) is 86.9 cm³/mol. The molecule has 0 saturated heterocycles. The van der Waals surface area contributed by atoms with E-state index >= 15 is 0 Å². The van der Waals surface area contributed by atoms with Crippen LogP contribution in [0, 0.1) is 17.0 Å². The Kier molecular flexibility index (Phi) is 5.14. The summed E-state index contributed by atoms with van der Waals surface area (Å²) < 4.78 is 10.9. The highest BCUT2D eigenvalue weighted by Crippen LogP contribution is 2.29. The lowest BCUT2D eigenvalue weighted by molar-refractivity contribution is -0.386. The molecule has 0 saturated carbocycles. The van der Waals surface area contributed by atoms with E-state index in [1.165, 1.54) is 12.3 Å². The Balaban J connectivity index is 2.27. The van der Waals surface area contributed by atoms with Crippen molar-refractivity contribution in [2.45, 2.75) is 13.5 Å². The van der Waals surface area contributed by atoms with Gasteiger partial charge in [0.05, 0.1) is 18.2 Å². The smallest absolute Gasteiger partial charge is 0.311 e. The van der Waals surface area contributed by atoms with E-state index in [2.05, 4.69) is 5.10 Å². The van der Waals surface area contributed by atoms with Crippen LogP contribution < -0.4 is 15.3 Å². The molecular formula is C16H17N3O4. The number of hydrazone groups is 1. The van der Waals surface area contributed by atoms with Gasteiger partial charge in [0.1, 0.15) is 12.4 Å². The lowest BCUT2D eigenvalue weighted by Crippen LogP contribution is -2.02. The van der Waals surface area contributed by atoms with Crippen molar-refractivity contribution in [1.82, 2.24) is 0 Å². The minimum absolute atomic E-state index is 0.0661. The lowest BCUT2D eigenvalue weighted by Gasteiger charge is -2.11. The van der Waals surface area contributed by atoms with Crippen LogP contribution in [0.2, 0.25) is 0 Å². The van der Waals surface area contributed by atoms with Gasteiger partial charge in [-0.15, -0.1) is 0 Å². The third kappa shape index (κ3) is 3.97. The number of hydrogen-bond donors (Lipinski definition) is 1. The molecule has 0 heterocycles. The van der Waals surface area contributed by atoms with E-state index in [1.807, 2.05) is 0 Å². The molecule has 2 aromatic carbocycles. The molecule has 120 valence electrons. The molecule has 2 N–H and O–H groups in total. The third-order valence-corrected chi connectivity index (χ3v) is 3.22. The van der Waals surface area contributed by atoms with Gasteiger partial charge < -0.3 is 15.3 Å². The van der Waals surface area contributed by atoms with Crippen LogP contribution in [0.5, 0.6) is 11.5 Å². The summed E-state index contributed by atoms with van der Waals surface area (Å²) in [6.45, 7) is 1.91. The maximum absolute atomic E-state index is 11.1. The molecule has 0 radical (unpaired) electrons. The van der Waals surface area contributed by atoms with Gasteiger partial charge in [-0.2, -0.15) is 5.10 Å². The summed E-state index contributed by atoms with van der Waals surface area (Å²) in [6.07, 6.45) is 1.50. The Labute approximate surface area is 133 Å². The van der Waals surface area contributed by atoms with Gasteiger partial charge in [0.2, 0.25) is 0 Å². The van der Waals surface area contributed by atoms with Gasteiger partial charge in [-0.25, -0.2) is 0 Å². The van der Waals surface area contributed by atoms with Crippen molar-refractivity contribution in [1.29, 1.82) is 0 Å². The number of aryl methyl sites for hydroxylation is 1. The van der Waals surface area contributed by atoms with Gasteiger partial charge in [-0.1, -0.05) is 6.07 Å². The topological polar surface area (TPSA) is 100.0 Å². The zero-order valence-electron chi connectivity index (χ0n) is 12.9. The van der Waals surface area contributed by atoms with Crippen LogP contribution in [-0.4, -0.2) is 18.2 Å². The maximum Gasteiger partial charge on any atom is 0.311 e. The number of benzene rings is 2. The molecular weight excluding hydrogens is 298 g/mol. The first-order chi connectivity index (χ1) is 11.0. The fourth-order valence-electron chi connectivity index (χ4n) is 2.13. The van der Waals surface area contributed by atoms with Crippen molar-refractivity contribution in [3.05, 3.63) is 63.2 Å². The van der Waals surface area contributed by atoms with Crippen molar-refractivity contribution in [2.24, 2.45) is 10.9 Å². The Morgan fingerprint density at radius 1 is 1.26 bits per heavy atom. The first kappa shape index (κ1) is 16.3. The molecule has 0 aliphatic carbocycles. The number of nitro groups is 1. The standard InChI is InChI=1S/C16H17N3O4/c1-11-3-5-16(14(7-11)19(20)21)23-10-13-8-12(9-18-17)4-6-15(13)22-2/h3-9H,10,17H2,1-2H3. The average Bonchev–Trinajstić information content (AvgIpc) is 2.54. The minimum Gasteiger partial charge on any atom is -0.496 e. The van der Waals surface area contributed by atoms with E-state index in [1.54, 1.807) is 44.4 Å². The summed E-state index contributed by atoms with van der Waals surface area (Å²) in [5.74, 6) is 5.97. The molecule has 0 aliphatic rings. The summed E-state index contributed by atoms with van der Waals surface area (Å²) in [7, 11) is 1.55. The lowest BCUT2D eigenvalue weighted by atomic mass is 10.1. The van der Waals surface area contributed by atoms with E-state index in [4.69, 9.17) is 15.3 Å². The molecule has 0 aliphatic heterocycles. The average molecular weight is 315 g/mol. The molecule has 7 heteroatoms. The summed E-state index contributed by atoms with van der Waals surface area (Å²) >= 11 is 0. The fourth-order valence-corrected chi connectivity index (χ4v) is 2.13. The third-order valence-electron chi connectivity index (χ3n) is 3.22. The van der Waals surface area contributed by atoms with E-state index in [9.17, 15) is 10.1 Å².